The summed E-state index contributed by atoms with van der Waals surface area (Å²) in [5.74, 6) is -1.37. The van der Waals surface area contributed by atoms with Crippen LogP contribution in [0.15, 0.2) is 41.0 Å². The average Bonchev–Trinajstić information content (AvgIpc) is 3.06. The lowest BCUT2D eigenvalue weighted by Crippen LogP contribution is -2.50. The first-order valence-corrected chi connectivity index (χ1v) is 8.21. The van der Waals surface area contributed by atoms with Gasteiger partial charge in [-0.25, -0.2) is 8.78 Å². The molecule has 26 heavy (non-hydrogen) atoms. The molecule has 2 heterocycles. The first-order chi connectivity index (χ1) is 12.5. The first-order valence-electron chi connectivity index (χ1n) is 8.21. The van der Waals surface area contributed by atoms with Crippen LogP contribution in [0.4, 0.5) is 8.78 Å². The molecule has 2 amide bonds. The van der Waals surface area contributed by atoms with Crippen LogP contribution in [0.5, 0.6) is 0 Å². The van der Waals surface area contributed by atoms with E-state index in [0.29, 0.717) is 37.5 Å². The molecule has 0 bridgehead atoms. The lowest BCUT2D eigenvalue weighted by Gasteiger charge is -2.34. The summed E-state index contributed by atoms with van der Waals surface area (Å²) in [5.41, 5.74) is 0.268. The Kier molecular flexibility index (Phi) is 5.16. The van der Waals surface area contributed by atoms with E-state index in [1.54, 1.807) is 22.8 Å². The zero-order valence-corrected chi connectivity index (χ0v) is 14.2. The van der Waals surface area contributed by atoms with Gasteiger partial charge in [0.25, 0.3) is 5.91 Å². The van der Waals surface area contributed by atoms with Crippen LogP contribution in [0.3, 0.4) is 0 Å². The number of hydrogen-bond acceptors (Lipinski definition) is 3. The van der Waals surface area contributed by atoms with Crippen molar-refractivity contribution in [2.24, 2.45) is 0 Å². The minimum Gasteiger partial charge on any atom is -0.469 e. The molecule has 0 aliphatic carbocycles. The zero-order valence-electron chi connectivity index (χ0n) is 14.2. The van der Waals surface area contributed by atoms with Crippen molar-refractivity contribution in [1.29, 1.82) is 0 Å². The van der Waals surface area contributed by atoms with Crippen molar-refractivity contribution in [2.75, 3.05) is 26.2 Å². The second-order valence-electron chi connectivity index (χ2n) is 5.98. The van der Waals surface area contributed by atoms with Gasteiger partial charge in [0.1, 0.15) is 17.4 Å². The molecule has 136 valence electrons. The smallest absolute Gasteiger partial charge is 0.257 e. The van der Waals surface area contributed by atoms with Crippen molar-refractivity contribution >= 4 is 17.9 Å². The molecule has 1 aliphatic rings. The van der Waals surface area contributed by atoms with Gasteiger partial charge in [-0.3, -0.25) is 9.59 Å². The summed E-state index contributed by atoms with van der Waals surface area (Å²) in [6, 6.07) is 5.16. The zero-order chi connectivity index (χ0) is 18.7. The molecule has 7 heteroatoms. The van der Waals surface area contributed by atoms with Crippen molar-refractivity contribution in [1.82, 2.24) is 9.80 Å². The lowest BCUT2D eigenvalue weighted by atomic mass is 10.1. The van der Waals surface area contributed by atoms with Gasteiger partial charge >= 0.3 is 0 Å². The second kappa shape index (κ2) is 7.51. The summed E-state index contributed by atoms with van der Waals surface area (Å²) in [6.45, 7) is 3.20. The molecule has 1 aromatic carbocycles. The van der Waals surface area contributed by atoms with E-state index in [1.165, 1.54) is 12.3 Å². The van der Waals surface area contributed by atoms with Crippen LogP contribution in [0.1, 0.15) is 21.7 Å². The Bertz CT molecular complexity index is 832. The number of rotatable bonds is 3. The van der Waals surface area contributed by atoms with E-state index < -0.39 is 11.6 Å². The fourth-order valence-corrected chi connectivity index (χ4v) is 2.84. The van der Waals surface area contributed by atoms with Gasteiger partial charge in [0.2, 0.25) is 5.91 Å². The number of piperazine rings is 1. The van der Waals surface area contributed by atoms with Crippen LogP contribution < -0.4 is 0 Å². The fourth-order valence-electron chi connectivity index (χ4n) is 2.84. The van der Waals surface area contributed by atoms with E-state index in [2.05, 4.69) is 0 Å². The minimum atomic E-state index is -0.722. The van der Waals surface area contributed by atoms with Gasteiger partial charge in [-0.05, 0) is 31.2 Å². The Balaban J connectivity index is 1.59. The second-order valence-corrected chi connectivity index (χ2v) is 5.98. The molecular formula is C19H18F2N2O3. The quantitative estimate of drug-likeness (QED) is 0.791. The molecule has 0 spiro atoms. The molecule has 1 aliphatic heterocycles. The highest BCUT2D eigenvalue weighted by Crippen LogP contribution is 2.16. The fraction of sp³-hybridized carbons (Fsp3) is 0.263. The minimum absolute atomic E-state index is 0.132. The van der Waals surface area contributed by atoms with E-state index in [0.717, 1.165) is 24.3 Å². The maximum Gasteiger partial charge on any atom is 0.257 e. The lowest BCUT2D eigenvalue weighted by molar-refractivity contribution is -0.127. The van der Waals surface area contributed by atoms with Gasteiger partial charge in [-0.2, -0.15) is 0 Å². The molecule has 0 radical (unpaired) electrons. The predicted octanol–water partition coefficient (Wildman–Crippen LogP) is 2.86. The summed E-state index contributed by atoms with van der Waals surface area (Å²) >= 11 is 0. The van der Waals surface area contributed by atoms with Gasteiger partial charge in [0, 0.05) is 37.8 Å². The monoisotopic (exact) mass is 360 g/mol. The number of hydrogen-bond donors (Lipinski definition) is 0. The number of carbonyl (C=O) groups excluding carboxylic acids is 2. The van der Waals surface area contributed by atoms with Crippen LogP contribution in [0.2, 0.25) is 0 Å². The standard InChI is InChI=1S/C19H18F2N2O3/c1-13-14(7-12-26-13)19(25)23-10-8-22(9-11-23)18(24)6-5-15-16(20)3-2-4-17(15)21/h2-7,12H,8-11H2,1H3/b6-5+. The highest BCUT2D eigenvalue weighted by Gasteiger charge is 2.25. The van der Waals surface area contributed by atoms with Gasteiger partial charge < -0.3 is 14.2 Å². The molecule has 0 unspecified atom stereocenters. The number of furan rings is 1. The van der Waals surface area contributed by atoms with Crippen LogP contribution >= 0.6 is 0 Å². The number of benzene rings is 1. The summed E-state index contributed by atoms with van der Waals surface area (Å²) in [7, 11) is 0. The van der Waals surface area contributed by atoms with E-state index >= 15 is 0 Å². The molecule has 5 nitrogen and oxygen atoms in total. The number of amides is 2. The summed E-state index contributed by atoms with van der Waals surface area (Å²) < 4.78 is 32.3. The van der Waals surface area contributed by atoms with E-state index in [1.807, 2.05) is 0 Å². The summed E-state index contributed by atoms with van der Waals surface area (Å²) in [4.78, 5) is 27.8. The Morgan fingerprint density at radius 2 is 1.65 bits per heavy atom. The average molecular weight is 360 g/mol. The largest absolute Gasteiger partial charge is 0.469 e. The Morgan fingerprint density at radius 3 is 2.23 bits per heavy atom. The molecule has 3 rings (SSSR count). The highest BCUT2D eigenvalue weighted by atomic mass is 19.1. The third-order valence-electron chi connectivity index (χ3n) is 4.36. The molecule has 0 atom stereocenters. The summed E-state index contributed by atoms with van der Waals surface area (Å²) in [6.07, 6.45) is 3.76. The number of halogens is 2. The number of nitrogens with zero attached hydrogens (tertiary/aromatic N) is 2. The van der Waals surface area contributed by atoms with Crippen molar-refractivity contribution in [3.63, 3.8) is 0 Å². The van der Waals surface area contributed by atoms with Crippen molar-refractivity contribution < 1.29 is 22.8 Å². The van der Waals surface area contributed by atoms with Crippen molar-refractivity contribution in [2.45, 2.75) is 6.92 Å². The predicted molar refractivity (Wildman–Crippen MR) is 91.3 cm³/mol. The molecular weight excluding hydrogens is 342 g/mol. The third-order valence-corrected chi connectivity index (χ3v) is 4.36. The van der Waals surface area contributed by atoms with Gasteiger partial charge in [-0.1, -0.05) is 6.07 Å². The number of carbonyl (C=O) groups is 2. The highest BCUT2D eigenvalue weighted by molar-refractivity contribution is 5.95. The Hall–Kier alpha value is -2.96. The van der Waals surface area contributed by atoms with E-state index in [-0.39, 0.29) is 17.4 Å². The molecule has 1 fully saturated rings. The molecule has 1 saturated heterocycles. The Labute approximate surface area is 149 Å². The normalized spacial score (nSPS) is 14.9. The molecule has 0 N–H and O–H groups in total. The topological polar surface area (TPSA) is 53.8 Å². The maximum atomic E-state index is 13.6. The van der Waals surface area contributed by atoms with Crippen LogP contribution in [-0.4, -0.2) is 47.8 Å². The van der Waals surface area contributed by atoms with Gasteiger partial charge in [0.15, 0.2) is 0 Å². The van der Waals surface area contributed by atoms with Gasteiger partial charge in [-0.15, -0.1) is 0 Å². The molecule has 0 saturated carbocycles. The third kappa shape index (κ3) is 3.66. The van der Waals surface area contributed by atoms with E-state index in [9.17, 15) is 18.4 Å². The Morgan fingerprint density at radius 1 is 1.04 bits per heavy atom. The van der Waals surface area contributed by atoms with Crippen molar-refractivity contribution in [3.8, 4) is 0 Å². The first kappa shape index (κ1) is 17.8. The van der Waals surface area contributed by atoms with Crippen LogP contribution in [0, 0.1) is 18.6 Å². The molecule has 1 aromatic heterocycles. The maximum absolute atomic E-state index is 13.6. The van der Waals surface area contributed by atoms with Crippen LogP contribution in [-0.2, 0) is 4.79 Å². The molecule has 2 aromatic rings. The van der Waals surface area contributed by atoms with Crippen LogP contribution in [0.25, 0.3) is 6.08 Å². The van der Waals surface area contributed by atoms with Crippen molar-refractivity contribution in [3.05, 3.63) is 65.1 Å². The number of aryl methyl sites for hydroxylation is 1. The summed E-state index contributed by atoms with van der Waals surface area (Å²) in [5, 5.41) is 0. The van der Waals surface area contributed by atoms with E-state index in [4.69, 9.17) is 4.42 Å². The van der Waals surface area contributed by atoms with Gasteiger partial charge in [0.05, 0.1) is 11.8 Å². The SMILES string of the molecule is Cc1occc1C(=O)N1CCN(C(=O)/C=C/c2c(F)cccc2F)CC1.